The topological polar surface area (TPSA) is 92.5 Å². The number of hydrogen-bond donors (Lipinski definition) is 2. The van der Waals surface area contributed by atoms with Gasteiger partial charge in [-0.3, -0.25) is 10.2 Å². The second-order valence-electron chi connectivity index (χ2n) is 4.90. The quantitative estimate of drug-likeness (QED) is 0.451. The molecule has 1 amide bonds. The molecule has 0 saturated heterocycles. The summed E-state index contributed by atoms with van der Waals surface area (Å²) in [6.45, 7) is -0.412. The van der Waals surface area contributed by atoms with E-state index in [4.69, 9.17) is 29.0 Å². The van der Waals surface area contributed by atoms with Gasteiger partial charge in [-0.1, -0.05) is 53.5 Å². The third-order valence-corrected chi connectivity index (χ3v) is 5.74. The fourth-order valence-electron chi connectivity index (χ4n) is 2.01. The van der Waals surface area contributed by atoms with E-state index in [0.717, 1.165) is 9.87 Å². The number of nitrogens with two attached hydrogens (primary N) is 1. The number of carbonyl (C=O) groups is 1. The standard InChI is InChI=1S/C15H15Cl2N3O3S/c16-13-7-6-12(8-14(13)17)24(22,23)20(10-15(21)19-18)9-11-4-2-1-3-5-11/h1-8H,9-10,18H2,(H,19,21). The average Bonchev–Trinajstić information content (AvgIpc) is 2.57. The summed E-state index contributed by atoms with van der Waals surface area (Å²) < 4.78 is 26.7. The van der Waals surface area contributed by atoms with Crippen LogP contribution in [-0.4, -0.2) is 25.2 Å². The molecular weight excluding hydrogens is 373 g/mol. The van der Waals surface area contributed by atoms with E-state index in [1.165, 1.54) is 18.2 Å². The van der Waals surface area contributed by atoms with Crippen molar-refractivity contribution in [1.29, 1.82) is 0 Å². The highest BCUT2D eigenvalue weighted by atomic mass is 35.5. The van der Waals surface area contributed by atoms with Gasteiger partial charge in [0, 0.05) is 6.54 Å². The first kappa shape index (κ1) is 18.7. The molecule has 9 heteroatoms. The lowest BCUT2D eigenvalue weighted by molar-refractivity contribution is -0.121. The second kappa shape index (κ2) is 7.96. The number of hydrazine groups is 1. The molecule has 0 heterocycles. The molecule has 128 valence electrons. The van der Waals surface area contributed by atoms with Crippen LogP contribution in [-0.2, 0) is 21.4 Å². The molecule has 0 aromatic heterocycles. The molecule has 24 heavy (non-hydrogen) atoms. The van der Waals surface area contributed by atoms with Crippen molar-refractivity contribution in [3.05, 3.63) is 64.1 Å². The Kier molecular flexibility index (Phi) is 6.20. The Balaban J connectivity index is 2.40. The molecular formula is C15H15Cl2N3O3S. The first-order valence-electron chi connectivity index (χ1n) is 6.83. The van der Waals surface area contributed by atoms with Crippen molar-refractivity contribution in [2.24, 2.45) is 5.84 Å². The predicted octanol–water partition coefficient (Wildman–Crippen LogP) is 2.17. The van der Waals surface area contributed by atoms with Crippen LogP contribution < -0.4 is 11.3 Å². The minimum Gasteiger partial charge on any atom is -0.293 e. The summed E-state index contributed by atoms with van der Waals surface area (Å²) in [6.07, 6.45) is 0. The smallest absolute Gasteiger partial charge is 0.249 e. The van der Waals surface area contributed by atoms with E-state index in [1.807, 2.05) is 11.5 Å². The normalized spacial score (nSPS) is 11.5. The molecule has 2 aromatic carbocycles. The van der Waals surface area contributed by atoms with Gasteiger partial charge < -0.3 is 0 Å². The number of rotatable bonds is 6. The molecule has 0 saturated carbocycles. The van der Waals surface area contributed by atoms with Gasteiger partial charge in [-0.25, -0.2) is 14.3 Å². The van der Waals surface area contributed by atoms with Gasteiger partial charge in [0.25, 0.3) is 0 Å². The Morgan fingerprint density at radius 1 is 1.08 bits per heavy atom. The van der Waals surface area contributed by atoms with E-state index in [1.54, 1.807) is 24.3 Å². The van der Waals surface area contributed by atoms with Gasteiger partial charge in [-0.15, -0.1) is 0 Å². The molecule has 0 aliphatic carbocycles. The minimum absolute atomic E-state index is 0.0108. The highest BCUT2D eigenvalue weighted by Gasteiger charge is 2.27. The average molecular weight is 388 g/mol. The van der Waals surface area contributed by atoms with Gasteiger partial charge in [-0.05, 0) is 23.8 Å². The molecule has 0 atom stereocenters. The summed E-state index contributed by atoms with van der Waals surface area (Å²) in [5.41, 5.74) is 2.66. The Labute approximate surface area is 150 Å². The van der Waals surface area contributed by atoms with Crippen LogP contribution in [0.3, 0.4) is 0 Å². The lowest BCUT2D eigenvalue weighted by atomic mass is 10.2. The zero-order valence-electron chi connectivity index (χ0n) is 12.4. The maximum absolute atomic E-state index is 12.9. The van der Waals surface area contributed by atoms with E-state index >= 15 is 0 Å². The molecule has 6 nitrogen and oxygen atoms in total. The van der Waals surface area contributed by atoms with Gasteiger partial charge in [0.1, 0.15) is 0 Å². The van der Waals surface area contributed by atoms with E-state index in [9.17, 15) is 13.2 Å². The molecule has 0 spiro atoms. The minimum atomic E-state index is -3.97. The third kappa shape index (κ3) is 4.46. The fraction of sp³-hybridized carbons (Fsp3) is 0.133. The first-order chi connectivity index (χ1) is 11.3. The fourth-order valence-corrected chi connectivity index (χ4v) is 3.78. The van der Waals surface area contributed by atoms with Crippen LogP contribution in [0.2, 0.25) is 10.0 Å². The van der Waals surface area contributed by atoms with Gasteiger partial charge in [0.2, 0.25) is 15.9 Å². The molecule has 0 aliphatic rings. The maximum atomic E-state index is 12.9. The van der Waals surface area contributed by atoms with E-state index in [0.29, 0.717) is 0 Å². The van der Waals surface area contributed by atoms with Crippen molar-refractivity contribution in [3.8, 4) is 0 Å². The SMILES string of the molecule is NNC(=O)CN(Cc1ccccc1)S(=O)(=O)c1ccc(Cl)c(Cl)c1. The molecule has 0 aliphatic heterocycles. The van der Waals surface area contributed by atoms with Gasteiger partial charge in [-0.2, -0.15) is 4.31 Å². The lowest BCUT2D eigenvalue weighted by Gasteiger charge is -2.21. The van der Waals surface area contributed by atoms with Gasteiger partial charge in [0.15, 0.2) is 0 Å². The molecule has 2 aromatic rings. The molecule has 0 fully saturated rings. The van der Waals surface area contributed by atoms with Crippen LogP contribution in [0.25, 0.3) is 0 Å². The highest BCUT2D eigenvalue weighted by Crippen LogP contribution is 2.27. The molecule has 0 unspecified atom stereocenters. The van der Waals surface area contributed by atoms with Crippen molar-refractivity contribution < 1.29 is 13.2 Å². The Bertz CT molecular complexity index is 829. The number of hydrogen-bond acceptors (Lipinski definition) is 4. The van der Waals surface area contributed by atoms with Crippen molar-refractivity contribution in [1.82, 2.24) is 9.73 Å². The Hall–Kier alpha value is -1.64. The van der Waals surface area contributed by atoms with Crippen LogP contribution in [0.1, 0.15) is 5.56 Å². The lowest BCUT2D eigenvalue weighted by Crippen LogP contribution is -2.42. The van der Waals surface area contributed by atoms with Crippen molar-refractivity contribution in [2.75, 3.05) is 6.54 Å². The number of nitrogens with one attached hydrogen (secondary N) is 1. The van der Waals surface area contributed by atoms with E-state index in [-0.39, 0.29) is 21.5 Å². The van der Waals surface area contributed by atoms with Crippen LogP contribution in [0.15, 0.2) is 53.4 Å². The van der Waals surface area contributed by atoms with E-state index < -0.39 is 22.5 Å². The van der Waals surface area contributed by atoms with Crippen LogP contribution in [0.4, 0.5) is 0 Å². The predicted molar refractivity (Wildman–Crippen MR) is 92.8 cm³/mol. The van der Waals surface area contributed by atoms with Crippen LogP contribution >= 0.6 is 23.2 Å². The second-order valence-corrected chi connectivity index (χ2v) is 7.65. The molecule has 0 radical (unpaired) electrons. The number of benzene rings is 2. The number of sulfonamides is 1. The van der Waals surface area contributed by atoms with Gasteiger partial charge >= 0.3 is 0 Å². The monoisotopic (exact) mass is 387 g/mol. The van der Waals surface area contributed by atoms with Crippen LogP contribution in [0, 0.1) is 0 Å². The summed E-state index contributed by atoms with van der Waals surface area (Å²) in [5, 5.41) is 0.352. The summed E-state index contributed by atoms with van der Waals surface area (Å²) >= 11 is 11.7. The van der Waals surface area contributed by atoms with Crippen molar-refractivity contribution in [2.45, 2.75) is 11.4 Å². The van der Waals surface area contributed by atoms with Crippen molar-refractivity contribution in [3.63, 3.8) is 0 Å². The third-order valence-electron chi connectivity index (χ3n) is 3.21. The van der Waals surface area contributed by atoms with Crippen molar-refractivity contribution >= 4 is 39.1 Å². The number of amides is 1. The Morgan fingerprint density at radius 3 is 2.33 bits per heavy atom. The summed E-state index contributed by atoms with van der Waals surface area (Å²) in [5.74, 6) is 4.45. The summed E-state index contributed by atoms with van der Waals surface area (Å²) in [7, 11) is -3.97. The number of nitrogens with zero attached hydrogens (tertiary/aromatic N) is 1. The maximum Gasteiger partial charge on any atom is 0.249 e. The summed E-state index contributed by atoms with van der Waals surface area (Å²) in [4.78, 5) is 11.6. The van der Waals surface area contributed by atoms with Gasteiger partial charge in [0.05, 0.1) is 21.5 Å². The first-order valence-corrected chi connectivity index (χ1v) is 9.03. The zero-order chi connectivity index (χ0) is 17.7. The highest BCUT2D eigenvalue weighted by molar-refractivity contribution is 7.89. The molecule has 2 rings (SSSR count). The number of carbonyl (C=O) groups excluding carboxylic acids is 1. The van der Waals surface area contributed by atoms with Crippen LogP contribution in [0.5, 0.6) is 0 Å². The number of halogens is 2. The zero-order valence-corrected chi connectivity index (χ0v) is 14.8. The Morgan fingerprint density at radius 2 is 1.75 bits per heavy atom. The largest absolute Gasteiger partial charge is 0.293 e. The summed E-state index contributed by atoms with van der Waals surface area (Å²) in [6, 6.07) is 12.9. The molecule has 0 bridgehead atoms. The molecule has 3 N–H and O–H groups in total. The van der Waals surface area contributed by atoms with E-state index in [2.05, 4.69) is 0 Å².